The molecule has 2 nitrogen and oxygen atoms in total. The molecule has 1 aliphatic heterocycles. The quantitative estimate of drug-likeness (QED) is 0.665. The van der Waals surface area contributed by atoms with Gasteiger partial charge in [-0.05, 0) is 18.1 Å². The van der Waals surface area contributed by atoms with Crippen LogP contribution >= 0.6 is 0 Å². The van der Waals surface area contributed by atoms with Crippen molar-refractivity contribution in [2.45, 2.75) is 52.0 Å². The third-order valence-electron chi connectivity index (χ3n) is 3.68. The number of benzene rings is 1. The zero-order chi connectivity index (χ0) is 12.8. The molecule has 1 aromatic carbocycles. The molecule has 1 amide bonds. The van der Waals surface area contributed by atoms with Crippen LogP contribution in [0.25, 0.3) is 0 Å². The first-order chi connectivity index (χ1) is 8.83. The zero-order valence-electron chi connectivity index (χ0n) is 11.3. The molecule has 0 radical (unpaired) electrons. The SMILES string of the molecule is CCCCCCCCN1Cc2ccccc2C1=O. The molecule has 0 unspecified atom stereocenters. The van der Waals surface area contributed by atoms with Crippen molar-refractivity contribution in [1.82, 2.24) is 4.90 Å². The van der Waals surface area contributed by atoms with Gasteiger partial charge in [-0.25, -0.2) is 0 Å². The average Bonchev–Trinajstić information content (AvgIpc) is 2.71. The largest absolute Gasteiger partial charge is 0.334 e. The lowest BCUT2D eigenvalue weighted by Gasteiger charge is -2.15. The van der Waals surface area contributed by atoms with Gasteiger partial charge in [-0.2, -0.15) is 0 Å². The molecule has 98 valence electrons. The molecule has 0 bridgehead atoms. The summed E-state index contributed by atoms with van der Waals surface area (Å²) in [6, 6.07) is 7.97. The van der Waals surface area contributed by atoms with Crippen LogP contribution in [0.3, 0.4) is 0 Å². The molecule has 18 heavy (non-hydrogen) atoms. The van der Waals surface area contributed by atoms with Gasteiger partial charge < -0.3 is 4.90 Å². The van der Waals surface area contributed by atoms with Crippen LogP contribution in [-0.4, -0.2) is 17.4 Å². The Morgan fingerprint density at radius 1 is 1.06 bits per heavy atom. The minimum Gasteiger partial charge on any atom is -0.334 e. The highest BCUT2D eigenvalue weighted by Crippen LogP contribution is 2.22. The van der Waals surface area contributed by atoms with E-state index in [0.29, 0.717) is 0 Å². The van der Waals surface area contributed by atoms with E-state index < -0.39 is 0 Å². The third-order valence-corrected chi connectivity index (χ3v) is 3.68. The summed E-state index contributed by atoms with van der Waals surface area (Å²) in [4.78, 5) is 14.1. The molecule has 2 heteroatoms. The molecule has 0 N–H and O–H groups in total. The summed E-state index contributed by atoms with van der Waals surface area (Å²) in [6.45, 7) is 3.96. The van der Waals surface area contributed by atoms with Crippen molar-refractivity contribution in [2.75, 3.05) is 6.54 Å². The smallest absolute Gasteiger partial charge is 0.254 e. The van der Waals surface area contributed by atoms with Gasteiger partial charge in [-0.3, -0.25) is 4.79 Å². The molecular formula is C16H23NO. The van der Waals surface area contributed by atoms with Crippen molar-refractivity contribution in [1.29, 1.82) is 0 Å². The van der Waals surface area contributed by atoms with Crippen LogP contribution in [0.1, 0.15) is 61.4 Å². The second-order valence-electron chi connectivity index (χ2n) is 5.15. The van der Waals surface area contributed by atoms with Crippen LogP contribution in [0, 0.1) is 0 Å². The van der Waals surface area contributed by atoms with Crippen molar-refractivity contribution >= 4 is 5.91 Å². The van der Waals surface area contributed by atoms with Crippen LogP contribution in [0.15, 0.2) is 24.3 Å². The van der Waals surface area contributed by atoms with Crippen LogP contribution in [0.5, 0.6) is 0 Å². The Bertz CT molecular complexity index is 400. The van der Waals surface area contributed by atoms with Crippen molar-refractivity contribution in [3.8, 4) is 0 Å². The summed E-state index contributed by atoms with van der Waals surface area (Å²) in [6.07, 6.45) is 7.67. The van der Waals surface area contributed by atoms with Crippen molar-refractivity contribution in [2.24, 2.45) is 0 Å². The lowest BCUT2D eigenvalue weighted by molar-refractivity contribution is 0.0775. The highest BCUT2D eigenvalue weighted by molar-refractivity contribution is 5.98. The maximum atomic E-state index is 12.1. The summed E-state index contributed by atoms with van der Waals surface area (Å²) < 4.78 is 0. The van der Waals surface area contributed by atoms with Crippen LogP contribution in [-0.2, 0) is 6.54 Å². The summed E-state index contributed by atoms with van der Waals surface area (Å²) in [5, 5.41) is 0. The first-order valence-corrected chi connectivity index (χ1v) is 7.20. The van der Waals surface area contributed by atoms with Crippen molar-refractivity contribution < 1.29 is 4.79 Å². The number of fused-ring (bicyclic) bond motifs is 1. The number of hydrogen-bond donors (Lipinski definition) is 0. The molecule has 1 heterocycles. The zero-order valence-corrected chi connectivity index (χ0v) is 11.3. The van der Waals surface area contributed by atoms with Crippen molar-refractivity contribution in [3.63, 3.8) is 0 Å². The highest BCUT2D eigenvalue weighted by Gasteiger charge is 2.25. The molecule has 0 spiro atoms. The second-order valence-corrected chi connectivity index (χ2v) is 5.15. The number of carbonyl (C=O) groups excluding carboxylic acids is 1. The molecule has 2 rings (SSSR count). The lowest BCUT2D eigenvalue weighted by Crippen LogP contribution is -2.24. The number of unbranched alkanes of at least 4 members (excludes halogenated alkanes) is 5. The monoisotopic (exact) mass is 245 g/mol. The van der Waals surface area contributed by atoms with Crippen LogP contribution in [0.2, 0.25) is 0 Å². The molecule has 0 saturated carbocycles. The molecule has 0 saturated heterocycles. The van der Waals surface area contributed by atoms with Gasteiger partial charge in [-0.1, -0.05) is 57.2 Å². The van der Waals surface area contributed by atoms with Gasteiger partial charge in [-0.15, -0.1) is 0 Å². The van der Waals surface area contributed by atoms with Gasteiger partial charge in [0.2, 0.25) is 0 Å². The van der Waals surface area contributed by atoms with E-state index in [9.17, 15) is 4.79 Å². The average molecular weight is 245 g/mol. The topological polar surface area (TPSA) is 20.3 Å². The number of amides is 1. The van der Waals surface area contributed by atoms with E-state index in [1.165, 1.54) is 37.7 Å². The third kappa shape index (κ3) is 3.12. The molecule has 0 aliphatic carbocycles. The van der Waals surface area contributed by atoms with E-state index in [4.69, 9.17) is 0 Å². The van der Waals surface area contributed by atoms with Gasteiger partial charge in [0.15, 0.2) is 0 Å². The first-order valence-electron chi connectivity index (χ1n) is 7.20. The van der Waals surface area contributed by atoms with E-state index in [1.54, 1.807) is 0 Å². The van der Waals surface area contributed by atoms with Gasteiger partial charge in [0.1, 0.15) is 0 Å². The minimum atomic E-state index is 0.221. The Labute approximate surface area is 110 Å². The minimum absolute atomic E-state index is 0.221. The van der Waals surface area contributed by atoms with Gasteiger partial charge in [0.05, 0.1) is 0 Å². The van der Waals surface area contributed by atoms with Gasteiger partial charge in [0, 0.05) is 18.7 Å². The maximum Gasteiger partial charge on any atom is 0.254 e. The Morgan fingerprint density at radius 2 is 1.78 bits per heavy atom. The molecule has 0 atom stereocenters. The molecular weight excluding hydrogens is 222 g/mol. The van der Waals surface area contributed by atoms with Gasteiger partial charge >= 0.3 is 0 Å². The van der Waals surface area contributed by atoms with Crippen molar-refractivity contribution in [3.05, 3.63) is 35.4 Å². The standard InChI is InChI=1S/C16H23NO/c1-2-3-4-5-6-9-12-17-13-14-10-7-8-11-15(14)16(17)18/h7-8,10-11H,2-6,9,12-13H2,1H3. The number of rotatable bonds is 7. The second kappa shape index (κ2) is 6.58. The fraction of sp³-hybridized carbons (Fsp3) is 0.562. The van der Waals surface area contributed by atoms with Gasteiger partial charge in [0.25, 0.3) is 5.91 Å². The van der Waals surface area contributed by atoms with E-state index in [0.717, 1.165) is 25.1 Å². The summed E-state index contributed by atoms with van der Waals surface area (Å²) in [5.74, 6) is 0.221. The normalized spacial score (nSPS) is 14.1. The van der Waals surface area contributed by atoms with Crippen LogP contribution in [0.4, 0.5) is 0 Å². The summed E-state index contributed by atoms with van der Waals surface area (Å²) >= 11 is 0. The predicted octanol–water partition coefficient (Wildman–Crippen LogP) is 4.00. The molecule has 0 fully saturated rings. The number of carbonyl (C=O) groups is 1. The number of hydrogen-bond acceptors (Lipinski definition) is 1. The summed E-state index contributed by atoms with van der Waals surface area (Å²) in [7, 11) is 0. The molecule has 0 aromatic heterocycles. The lowest BCUT2D eigenvalue weighted by atomic mass is 10.1. The Kier molecular flexibility index (Phi) is 4.80. The van der Waals surface area contributed by atoms with E-state index in [2.05, 4.69) is 13.0 Å². The first kappa shape index (κ1) is 13.1. The predicted molar refractivity (Wildman–Crippen MR) is 74.6 cm³/mol. The van der Waals surface area contributed by atoms with E-state index >= 15 is 0 Å². The van der Waals surface area contributed by atoms with Crippen LogP contribution < -0.4 is 0 Å². The fourth-order valence-corrected chi connectivity index (χ4v) is 2.58. The Balaban J connectivity index is 1.72. The Morgan fingerprint density at radius 3 is 2.56 bits per heavy atom. The van der Waals surface area contributed by atoms with E-state index in [-0.39, 0.29) is 5.91 Å². The maximum absolute atomic E-state index is 12.1. The molecule has 1 aliphatic rings. The highest BCUT2D eigenvalue weighted by atomic mass is 16.2. The number of nitrogens with zero attached hydrogens (tertiary/aromatic N) is 1. The fourth-order valence-electron chi connectivity index (χ4n) is 2.58. The van der Waals surface area contributed by atoms with E-state index in [1.807, 2.05) is 23.1 Å². The Hall–Kier alpha value is -1.31. The summed E-state index contributed by atoms with van der Waals surface area (Å²) in [5.41, 5.74) is 2.09. The molecule has 1 aromatic rings.